The third-order valence-corrected chi connectivity index (χ3v) is 6.81. The maximum Gasteiger partial charge on any atom is 0.371 e. The lowest BCUT2D eigenvalue weighted by molar-refractivity contribution is 0.0639. The summed E-state index contributed by atoms with van der Waals surface area (Å²) >= 11 is 1.15. The number of rotatable bonds is 5. The summed E-state index contributed by atoms with van der Waals surface area (Å²) in [7, 11) is -3.53. The number of nitrogens with one attached hydrogen (secondary N) is 1. The van der Waals surface area contributed by atoms with Crippen molar-refractivity contribution in [2.75, 3.05) is 13.1 Å². The van der Waals surface area contributed by atoms with E-state index in [-0.39, 0.29) is 21.8 Å². The Labute approximate surface area is 148 Å². The van der Waals surface area contributed by atoms with Crippen molar-refractivity contribution in [1.82, 2.24) is 9.62 Å². The molecule has 1 saturated heterocycles. The van der Waals surface area contributed by atoms with E-state index >= 15 is 0 Å². The standard InChI is InChI=1S/C15H16N2O6S2/c18-14(11-3-4-12(23-11)15(19)20)17-7-5-10(6-8-17)16-25(21,22)13-2-1-9-24-13/h1-4,9-10,16H,5-8H2,(H,19,20). The van der Waals surface area contributed by atoms with Gasteiger partial charge >= 0.3 is 5.97 Å². The van der Waals surface area contributed by atoms with E-state index in [2.05, 4.69) is 4.72 Å². The third kappa shape index (κ3) is 3.91. The highest BCUT2D eigenvalue weighted by atomic mass is 32.2. The topological polar surface area (TPSA) is 117 Å². The Morgan fingerprint density at radius 1 is 1.20 bits per heavy atom. The van der Waals surface area contributed by atoms with Crippen LogP contribution in [0, 0.1) is 0 Å². The molecule has 0 aliphatic carbocycles. The van der Waals surface area contributed by atoms with Crippen LogP contribution in [0.3, 0.4) is 0 Å². The van der Waals surface area contributed by atoms with Crippen molar-refractivity contribution in [2.24, 2.45) is 0 Å². The molecule has 1 fully saturated rings. The zero-order chi connectivity index (χ0) is 18.0. The van der Waals surface area contributed by atoms with E-state index in [1.807, 2.05) is 0 Å². The summed E-state index contributed by atoms with van der Waals surface area (Å²) in [6.07, 6.45) is 0.950. The fourth-order valence-corrected chi connectivity index (χ4v) is 4.93. The largest absolute Gasteiger partial charge is 0.475 e. The van der Waals surface area contributed by atoms with Crippen molar-refractivity contribution >= 4 is 33.2 Å². The van der Waals surface area contributed by atoms with Crippen molar-refractivity contribution < 1.29 is 27.5 Å². The molecule has 8 nitrogen and oxygen atoms in total. The number of sulfonamides is 1. The van der Waals surface area contributed by atoms with Crippen LogP contribution in [0.4, 0.5) is 0 Å². The monoisotopic (exact) mass is 384 g/mol. The Balaban J connectivity index is 1.58. The van der Waals surface area contributed by atoms with E-state index < -0.39 is 21.9 Å². The number of hydrogen-bond donors (Lipinski definition) is 2. The summed E-state index contributed by atoms with van der Waals surface area (Å²) in [5.41, 5.74) is 0. The maximum atomic E-state index is 12.3. The SMILES string of the molecule is O=C(O)c1ccc(C(=O)N2CCC(NS(=O)(=O)c3cccs3)CC2)o1. The van der Waals surface area contributed by atoms with Crippen molar-refractivity contribution in [3.63, 3.8) is 0 Å². The first-order valence-electron chi connectivity index (χ1n) is 7.55. The van der Waals surface area contributed by atoms with Gasteiger partial charge in [0.25, 0.3) is 5.91 Å². The normalized spacial score (nSPS) is 16.1. The highest BCUT2D eigenvalue weighted by molar-refractivity contribution is 7.91. The van der Waals surface area contributed by atoms with Crippen LogP contribution in [0.15, 0.2) is 38.3 Å². The Kier molecular flexibility index (Phi) is 4.93. The van der Waals surface area contributed by atoms with Gasteiger partial charge in [-0.15, -0.1) is 11.3 Å². The molecular formula is C15H16N2O6S2. The number of carbonyl (C=O) groups excluding carboxylic acids is 1. The lowest BCUT2D eigenvalue weighted by Crippen LogP contribution is -2.46. The van der Waals surface area contributed by atoms with Crippen LogP contribution < -0.4 is 4.72 Å². The van der Waals surface area contributed by atoms with Gasteiger partial charge in [0, 0.05) is 19.1 Å². The molecule has 0 spiro atoms. The van der Waals surface area contributed by atoms with Gasteiger partial charge in [-0.25, -0.2) is 17.9 Å². The number of thiophene rings is 1. The molecule has 2 aromatic rings. The molecule has 0 unspecified atom stereocenters. The van der Waals surface area contributed by atoms with Crippen molar-refractivity contribution in [3.05, 3.63) is 41.2 Å². The molecule has 1 amide bonds. The van der Waals surface area contributed by atoms with E-state index in [0.29, 0.717) is 25.9 Å². The molecule has 25 heavy (non-hydrogen) atoms. The first-order valence-corrected chi connectivity index (χ1v) is 9.91. The number of carboxylic acids is 1. The van der Waals surface area contributed by atoms with Crippen LogP contribution in [0.2, 0.25) is 0 Å². The van der Waals surface area contributed by atoms with E-state index in [1.54, 1.807) is 17.5 Å². The number of furan rings is 1. The van der Waals surface area contributed by atoms with Crippen LogP contribution in [0.5, 0.6) is 0 Å². The first-order chi connectivity index (χ1) is 11.9. The molecule has 3 rings (SSSR count). The molecular weight excluding hydrogens is 368 g/mol. The Bertz CT molecular complexity index is 864. The zero-order valence-corrected chi connectivity index (χ0v) is 14.7. The highest BCUT2D eigenvalue weighted by Crippen LogP contribution is 2.20. The Morgan fingerprint density at radius 2 is 1.88 bits per heavy atom. The summed E-state index contributed by atoms with van der Waals surface area (Å²) in [6.45, 7) is 0.721. The number of amides is 1. The lowest BCUT2D eigenvalue weighted by atomic mass is 10.1. The number of carbonyl (C=O) groups is 2. The van der Waals surface area contributed by atoms with Gasteiger partial charge < -0.3 is 14.4 Å². The van der Waals surface area contributed by atoms with Crippen LogP contribution >= 0.6 is 11.3 Å². The third-order valence-electron chi connectivity index (χ3n) is 3.89. The lowest BCUT2D eigenvalue weighted by Gasteiger charge is -2.31. The van der Waals surface area contributed by atoms with E-state index in [0.717, 1.165) is 11.3 Å². The average Bonchev–Trinajstić information content (AvgIpc) is 3.26. The zero-order valence-electron chi connectivity index (χ0n) is 13.0. The van der Waals surface area contributed by atoms with E-state index in [1.165, 1.54) is 17.0 Å². The number of likely N-dealkylation sites (tertiary alicyclic amines) is 1. The second-order valence-corrected chi connectivity index (χ2v) is 8.48. The summed E-state index contributed by atoms with van der Waals surface area (Å²) in [6, 6.07) is 5.54. The predicted octanol–water partition coefficient (Wildman–Crippen LogP) is 1.62. The van der Waals surface area contributed by atoms with Crippen molar-refractivity contribution in [3.8, 4) is 0 Å². The Morgan fingerprint density at radius 3 is 2.44 bits per heavy atom. The summed E-state index contributed by atoms with van der Waals surface area (Å²) in [5, 5.41) is 10.5. The molecule has 0 saturated carbocycles. The van der Waals surface area contributed by atoms with Crippen LogP contribution in [-0.2, 0) is 10.0 Å². The van der Waals surface area contributed by atoms with Gasteiger partial charge in [0.05, 0.1) is 0 Å². The van der Waals surface area contributed by atoms with Crippen LogP contribution in [-0.4, -0.2) is 49.4 Å². The second-order valence-electron chi connectivity index (χ2n) is 5.59. The van der Waals surface area contributed by atoms with Gasteiger partial charge in [-0.1, -0.05) is 6.07 Å². The molecule has 10 heteroatoms. The van der Waals surface area contributed by atoms with E-state index in [9.17, 15) is 18.0 Å². The molecule has 1 aliphatic rings. The van der Waals surface area contributed by atoms with Gasteiger partial charge in [-0.05, 0) is 36.4 Å². The molecule has 3 heterocycles. The molecule has 1 aliphatic heterocycles. The number of piperidine rings is 1. The van der Waals surface area contributed by atoms with E-state index in [4.69, 9.17) is 9.52 Å². The van der Waals surface area contributed by atoms with Gasteiger partial charge in [0.2, 0.25) is 15.8 Å². The fourth-order valence-electron chi connectivity index (χ4n) is 2.62. The quantitative estimate of drug-likeness (QED) is 0.809. The van der Waals surface area contributed by atoms with Gasteiger partial charge in [-0.3, -0.25) is 4.79 Å². The van der Waals surface area contributed by atoms with Crippen molar-refractivity contribution in [2.45, 2.75) is 23.1 Å². The van der Waals surface area contributed by atoms with Crippen molar-refractivity contribution in [1.29, 1.82) is 0 Å². The fraction of sp³-hybridized carbons (Fsp3) is 0.333. The smallest absolute Gasteiger partial charge is 0.371 e. The number of hydrogen-bond acceptors (Lipinski definition) is 6. The minimum absolute atomic E-state index is 0.0324. The minimum Gasteiger partial charge on any atom is -0.475 e. The average molecular weight is 384 g/mol. The summed E-state index contributed by atoms with van der Waals surface area (Å²) in [4.78, 5) is 24.6. The number of nitrogens with zero attached hydrogens (tertiary/aromatic N) is 1. The first kappa shape index (κ1) is 17.6. The Hall–Kier alpha value is -2.17. The summed E-state index contributed by atoms with van der Waals surface area (Å²) in [5.74, 6) is -1.95. The second kappa shape index (κ2) is 6.98. The van der Waals surface area contributed by atoms with Gasteiger partial charge in [-0.2, -0.15) is 0 Å². The molecule has 134 valence electrons. The van der Waals surface area contributed by atoms with Gasteiger partial charge in [0.1, 0.15) is 4.21 Å². The van der Waals surface area contributed by atoms with Crippen LogP contribution in [0.1, 0.15) is 34.0 Å². The summed E-state index contributed by atoms with van der Waals surface area (Å²) < 4.78 is 32.4. The molecule has 2 aromatic heterocycles. The maximum absolute atomic E-state index is 12.3. The number of aromatic carboxylic acids is 1. The molecule has 0 atom stereocenters. The molecule has 0 aromatic carbocycles. The predicted molar refractivity (Wildman–Crippen MR) is 89.2 cm³/mol. The molecule has 0 bridgehead atoms. The highest BCUT2D eigenvalue weighted by Gasteiger charge is 2.29. The number of carboxylic acid groups (broad SMARTS) is 1. The molecule has 0 radical (unpaired) electrons. The van der Waals surface area contributed by atoms with Gasteiger partial charge in [0.15, 0.2) is 5.76 Å². The molecule has 2 N–H and O–H groups in total. The minimum atomic E-state index is -3.53. The van der Waals surface area contributed by atoms with Crippen LogP contribution in [0.25, 0.3) is 0 Å².